The Balaban J connectivity index is 1.60. The van der Waals surface area contributed by atoms with Crippen LogP contribution in [0.4, 0.5) is 5.95 Å². The number of nitrogens with one attached hydrogen (secondary N) is 1. The lowest BCUT2D eigenvalue weighted by molar-refractivity contribution is -0.116. The van der Waals surface area contributed by atoms with Gasteiger partial charge in [0.25, 0.3) is 0 Å². The number of fused-ring (bicyclic) bond motifs is 1. The average Bonchev–Trinajstić information content (AvgIpc) is 3.34. The van der Waals surface area contributed by atoms with Gasteiger partial charge in [-0.2, -0.15) is 10.1 Å². The Kier molecular flexibility index (Phi) is 5.61. The van der Waals surface area contributed by atoms with Crippen LogP contribution in [0.2, 0.25) is 0 Å². The van der Waals surface area contributed by atoms with Crippen molar-refractivity contribution >= 4 is 11.7 Å². The number of rotatable bonds is 6. The SMILES string of the molecule is COc1ccc([C@H]2CC(=O)C3=C(C2)Nc2ncnn2[C@H]3c2cccc(OC)c2OC)cc1OC. The molecule has 0 amide bonds. The number of hydrogen-bond donors (Lipinski definition) is 1. The number of para-hydroxylation sites is 1. The van der Waals surface area contributed by atoms with Gasteiger partial charge in [0.15, 0.2) is 28.8 Å². The first-order chi connectivity index (χ1) is 16.6. The monoisotopic (exact) mass is 462 g/mol. The van der Waals surface area contributed by atoms with Gasteiger partial charge in [0.05, 0.1) is 28.4 Å². The number of aromatic nitrogens is 3. The van der Waals surface area contributed by atoms with Crippen LogP contribution in [0.3, 0.4) is 0 Å². The molecule has 2 aromatic carbocycles. The molecule has 2 aliphatic rings. The predicted molar refractivity (Wildman–Crippen MR) is 125 cm³/mol. The molecule has 0 bridgehead atoms. The minimum Gasteiger partial charge on any atom is -0.493 e. The van der Waals surface area contributed by atoms with E-state index in [-0.39, 0.29) is 11.7 Å². The summed E-state index contributed by atoms with van der Waals surface area (Å²) < 4.78 is 23.8. The van der Waals surface area contributed by atoms with Crippen LogP contribution in [0.15, 0.2) is 54.0 Å². The highest BCUT2D eigenvalue weighted by Gasteiger charge is 2.40. The minimum absolute atomic E-state index is 0.0131. The van der Waals surface area contributed by atoms with Crippen LogP contribution < -0.4 is 24.3 Å². The van der Waals surface area contributed by atoms with E-state index in [1.165, 1.54) is 6.33 Å². The minimum atomic E-state index is -0.474. The van der Waals surface area contributed by atoms with Crippen molar-refractivity contribution in [1.82, 2.24) is 14.8 Å². The zero-order chi connectivity index (χ0) is 23.8. The van der Waals surface area contributed by atoms with Crippen LogP contribution in [-0.4, -0.2) is 49.0 Å². The van der Waals surface area contributed by atoms with Crippen molar-refractivity contribution in [3.63, 3.8) is 0 Å². The van der Waals surface area contributed by atoms with Gasteiger partial charge in [0.2, 0.25) is 5.95 Å². The molecule has 1 aliphatic heterocycles. The number of methoxy groups -OCH3 is 4. The highest BCUT2D eigenvalue weighted by molar-refractivity contribution is 6.00. The van der Waals surface area contributed by atoms with Crippen LogP contribution >= 0.6 is 0 Å². The van der Waals surface area contributed by atoms with Crippen molar-refractivity contribution in [3.8, 4) is 23.0 Å². The molecule has 1 aliphatic carbocycles. The Morgan fingerprint density at radius 2 is 1.74 bits per heavy atom. The molecule has 0 spiro atoms. The molecular formula is C25H26N4O5. The summed E-state index contributed by atoms with van der Waals surface area (Å²) in [4.78, 5) is 18.1. The van der Waals surface area contributed by atoms with Gasteiger partial charge in [-0.25, -0.2) is 4.68 Å². The number of carbonyl (C=O) groups is 1. The topological polar surface area (TPSA) is 96.7 Å². The summed E-state index contributed by atoms with van der Waals surface area (Å²) in [7, 11) is 6.40. The molecule has 9 heteroatoms. The van der Waals surface area contributed by atoms with Crippen molar-refractivity contribution < 1.29 is 23.7 Å². The smallest absolute Gasteiger partial charge is 0.226 e. The molecular weight excluding hydrogens is 436 g/mol. The Morgan fingerprint density at radius 1 is 0.941 bits per heavy atom. The largest absolute Gasteiger partial charge is 0.493 e. The van der Waals surface area contributed by atoms with Crippen molar-refractivity contribution in [2.75, 3.05) is 33.8 Å². The van der Waals surface area contributed by atoms with E-state index >= 15 is 0 Å². The lowest BCUT2D eigenvalue weighted by atomic mass is 9.77. The molecule has 9 nitrogen and oxygen atoms in total. The number of ketones is 1. The highest BCUT2D eigenvalue weighted by atomic mass is 16.5. The van der Waals surface area contributed by atoms with Gasteiger partial charge in [0, 0.05) is 23.3 Å². The fourth-order valence-corrected chi connectivity index (χ4v) is 4.91. The Bertz CT molecular complexity index is 1280. The lowest BCUT2D eigenvalue weighted by Gasteiger charge is -2.35. The molecule has 1 aromatic heterocycles. The van der Waals surface area contributed by atoms with E-state index in [0.717, 1.165) is 16.8 Å². The number of carbonyl (C=O) groups excluding carboxylic acids is 1. The van der Waals surface area contributed by atoms with Crippen molar-refractivity contribution in [1.29, 1.82) is 0 Å². The van der Waals surface area contributed by atoms with Gasteiger partial charge in [-0.05, 0) is 36.1 Å². The molecule has 34 heavy (non-hydrogen) atoms. The van der Waals surface area contributed by atoms with E-state index in [1.807, 2.05) is 36.4 Å². The summed E-state index contributed by atoms with van der Waals surface area (Å²) >= 11 is 0. The van der Waals surface area contributed by atoms with E-state index in [0.29, 0.717) is 47.4 Å². The second-order valence-electron chi connectivity index (χ2n) is 8.17. The van der Waals surface area contributed by atoms with Crippen molar-refractivity contribution in [2.24, 2.45) is 0 Å². The quantitative estimate of drug-likeness (QED) is 0.592. The summed E-state index contributed by atoms with van der Waals surface area (Å²) in [6.07, 6.45) is 2.49. The molecule has 176 valence electrons. The average molecular weight is 463 g/mol. The number of Topliss-reactive ketones (excluding diaryl/α,β-unsaturated/α-hetero) is 1. The fourth-order valence-electron chi connectivity index (χ4n) is 4.91. The van der Waals surface area contributed by atoms with Gasteiger partial charge < -0.3 is 24.3 Å². The predicted octanol–water partition coefficient (Wildman–Crippen LogP) is 3.73. The molecule has 2 atom stereocenters. The van der Waals surface area contributed by atoms with Crippen LogP contribution in [-0.2, 0) is 4.79 Å². The van der Waals surface area contributed by atoms with Crippen LogP contribution in [0, 0.1) is 0 Å². The summed E-state index contributed by atoms with van der Waals surface area (Å²) in [5, 5.41) is 7.77. The number of anilines is 1. The molecule has 1 N–H and O–H groups in total. The highest BCUT2D eigenvalue weighted by Crippen LogP contribution is 2.47. The molecule has 0 fully saturated rings. The van der Waals surface area contributed by atoms with Gasteiger partial charge in [-0.3, -0.25) is 4.79 Å². The first-order valence-electron chi connectivity index (χ1n) is 10.9. The number of allylic oxidation sites excluding steroid dienone is 2. The van der Waals surface area contributed by atoms with Gasteiger partial charge in [-0.15, -0.1) is 0 Å². The Hall–Kier alpha value is -4.01. The van der Waals surface area contributed by atoms with Crippen molar-refractivity contribution in [3.05, 3.63) is 65.1 Å². The van der Waals surface area contributed by atoms with E-state index in [9.17, 15) is 4.79 Å². The Labute approximate surface area is 197 Å². The second-order valence-corrected chi connectivity index (χ2v) is 8.17. The third-order valence-corrected chi connectivity index (χ3v) is 6.47. The van der Waals surface area contributed by atoms with Crippen LogP contribution in [0.1, 0.15) is 35.9 Å². The van der Waals surface area contributed by atoms with Gasteiger partial charge in [0.1, 0.15) is 12.4 Å². The fraction of sp³-hybridized carbons (Fsp3) is 0.320. The molecule has 3 aromatic rings. The Morgan fingerprint density at radius 3 is 2.47 bits per heavy atom. The number of nitrogens with zero attached hydrogens (tertiary/aromatic N) is 3. The van der Waals surface area contributed by atoms with Gasteiger partial charge >= 0.3 is 0 Å². The van der Waals surface area contributed by atoms with E-state index in [2.05, 4.69) is 15.4 Å². The number of benzene rings is 2. The zero-order valence-electron chi connectivity index (χ0n) is 19.5. The normalized spacial score (nSPS) is 19.1. The van der Waals surface area contributed by atoms with Crippen LogP contribution in [0.25, 0.3) is 0 Å². The summed E-state index contributed by atoms with van der Waals surface area (Å²) in [6, 6.07) is 11.0. The number of hydrogen-bond acceptors (Lipinski definition) is 8. The first kappa shape index (κ1) is 21.8. The molecule has 0 saturated heterocycles. The maximum absolute atomic E-state index is 13.7. The summed E-state index contributed by atoms with van der Waals surface area (Å²) in [6.45, 7) is 0. The molecule has 5 rings (SSSR count). The summed E-state index contributed by atoms with van der Waals surface area (Å²) in [5.74, 6) is 3.07. The maximum atomic E-state index is 13.7. The number of ether oxygens (including phenoxy) is 4. The standard InChI is InChI=1S/C25H26N4O5/c1-31-19-9-8-14(12-21(19)33-3)15-10-17-22(18(30)11-15)23(29-25(28-17)26-13-27-29)16-6-5-7-20(32-2)24(16)34-4/h5-9,12-13,15,23H,10-11H2,1-4H3,(H,26,27,28)/t15-,23+/m1/s1. The zero-order valence-corrected chi connectivity index (χ0v) is 19.5. The first-order valence-corrected chi connectivity index (χ1v) is 10.9. The molecule has 2 heterocycles. The van der Waals surface area contributed by atoms with Crippen LogP contribution in [0.5, 0.6) is 23.0 Å². The lowest BCUT2D eigenvalue weighted by Crippen LogP contribution is -2.33. The van der Waals surface area contributed by atoms with E-state index < -0.39 is 6.04 Å². The van der Waals surface area contributed by atoms with E-state index in [4.69, 9.17) is 18.9 Å². The molecule has 0 unspecified atom stereocenters. The van der Waals surface area contributed by atoms with E-state index in [1.54, 1.807) is 33.1 Å². The third kappa shape index (κ3) is 3.44. The molecule has 0 saturated carbocycles. The third-order valence-electron chi connectivity index (χ3n) is 6.47. The second kappa shape index (κ2) is 8.74. The van der Waals surface area contributed by atoms with Gasteiger partial charge in [-0.1, -0.05) is 18.2 Å². The maximum Gasteiger partial charge on any atom is 0.226 e. The summed E-state index contributed by atoms with van der Waals surface area (Å²) in [5.41, 5.74) is 3.31. The molecule has 0 radical (unpaired) electrons. The van der Waals surface area contributed by atoms with Crippen molar-refractivity contribution in [2.45, 2.75) is 24.8 Å².